The maximum absolute atomic E-state index is 10.5. The topological polar surface area (TPSA) is 26.3 Å². The predicted octanol–water partition coefficient (Wildman–Crippen LogP) is 1.94. The molecular weight excluding hydrogens is 128 g/mol. The van der Waals surface area contributed by atoms with Crippen LogP contribution in [0, 0.1) is 6.42 Å². The van der Waals surface area contributed by atoms with Crippen molar-refractivity contribution in [1.82, 2.24) is 0 Å². The van der Waals surface area contributed by atoms with Crippen LogP contribution < -0.4 is 0 Å². The smallest absolute Gasteiger partial charge is 0.305 e. The zero-order valence-corrected chi connectivity index (χ0v) is 6.72. The number of unbranched alkanes of at least 4 members (excludes halogenated alkanes) is 3. The lowest BCUT2D eigenvalue weighted by Crippen LogP contribution is -1.98. The molecule has 0 spiro atoms. The van der Waals surface area contributed by atoms with Crippen LogP contribution in [0.2, 0.25) is 0 Å². The molecule has 0 rings (SSSR count). The summed E-state index contributed by atoms with van der Waals surface area (Å²) in [6.45, 7) is 2.03. The first kappa shape index (κ1) is 9.47. The third-order valence-electron chi connectivity index (χ3n) is 1.35. The first-order chi connectivity index (χ1) is 4.81. The van der Waals surface area contributed by atoms with Gasteiger partial charge in [-0.1, -0.05) is 19.8 Å². The Morgan fingerprint density at radius 1 is 1.50 bits per heavy atom. The number of carbonyl (C=O) groups is 1. The molecule has 0 aromatic rings. The minimum Gasteiger partial charge on any atom is -0.469 e. The summed E-state index contributed by atoms with van der Waals surface area (Å²) >= 11 is 0. The fraction of sp³-hybridized carbons (Fsp3) is 0.750. The number of methoxy groups -OCH3 is 1. The van der Waals surface area contributed by atoms with Gasteiger partial charge in [-0.3, -0.25) is 4.79 Å². The highest BCUT2D eigenvalue weighted by molar-refractivity contribution is 5.68. The van der Waals surface area contributed by atoms with Crippen LogP contribution in [0.15, 0.2) is 0 Å². The lowest BCUT2D eigenvalue weighted by Gasteiger charge is -1.97. The van der Waals surface area contributed by atoms with Crippen LogP contribution in [0.4, 0.5) is 0 Å². The van der Waals surface area contributed by atoms with E-state index in [9.17, 15) is 4.79 Å². The second kappa shape index (κ2) is 6.59. The highest BCUT2D eigenvalue weighted by atomic mass is 16.5. The molecule has 59 valence electrons. The number of rotatable bonds is 5. The summed E-state index contributed by atoms with van der Waals surface area (Å²) in [7, 11) is 1.42. The average molecular weight is 143 g/mol. The van der Waals surface area contributed by atoms with E-state index >= 15 is 0 Å². The molecule has 0 aliphatic heterocycles. The van der Waals surface area contributed by atoms with E-state index in [0.29, 0.717) is 6.42 Å². The predicted molar refractivity (Wildman–Crippen MR) is 40.5 cm³/mol. The third kappa shape index (κ3) is 5.60. The summed E-state index contributed by atoms with van der Waals surface area (Å²) in [5.74, 6) is -0.101. The van der Waals surface area contributed by atoms with Crippen molar-refractivity contribution in [2.75, 3.05) is 7.11 Å². The molecule has 0 fully saturated rings. The van der Waals surface area contributed by atoms with E-state index in [1.54, 1.807) is 0 Å². The van der Waals surface area contributed by atoms with Crippen LogP contribution in [-0.4, -0.2) is 13.1 Å². The lowest BCUT2D eigenvalue weighted by atomic mass is 10.2. The molecule has 0 heterocycles. The highest BCUT2D eigenvalue weighted by Crippen LogP contribution is 2.01. The fourth-order valence-corrected chi connectivity index (χ4v) is 0.720. The van der Waals surface area contributed by atoms with Gasteiger partial charge in [0.15, 0.2) is 0 Å². The van der Waals surface area contributed by atoms with E-state index < -0.39 is 0 Å². The summed E-state index contributed by atoms with van der Waals surface area (Å²) in [5, 5.41) is 0. The largest absolute Gasteiger partial charge is 0.469 e. The van der Waals surface area contributed by atoms with Crippen molar-refractivity contribution in [2.24, 2.45) is 0 Å². The molecule has 0 unspecified atom stereocenters. The van der Waals surface area contributed by atoms with Crippen molar-refractivity contribution in [3.8, 4) is 0 Å². The Morgan fingerprint density at radius 3 is 2.70 bits per heavy atom. The van der Waals surface area contributed by atoms with Crippen molar-refractivity contribution < 1.29 is 9.53 Å². The molecule has 2 nitrogen and oxygen atoms in total. The molecule has 0 saturated carbocycles. The molecule has 2 heteroatoms. The third-order valence-corrected chi connectivity index (χ3v) is 1.35. The molecule has 0 aromatic carbocycles. The maximum Gasteiger partial charge on any atom is 0.305 e. The first-order valence-corrected chi connectivity index (χ1v) is 3.66. The van der Waals surface area contributed by atoms with Crippen molar-refractivity contribution in [3.05, 3.63) is 6.42 Å². The molecular formula is C8H15O2. The Hall–Kier alpha value is -0.530. The number of esters is 1. The van der Waals surface area contributed by atoms with Gasteiger partial charge in [-0.15, -0.1) is 0 Å². The zero-order valence-electron chi connectivity index (χ0n) is 6.72. The summed E-state index contributed by atoms with van der Waals surface area (Å²) in [6, 6.07) is 0. The Labute approximate surface area is 62.6 Å². The maximum atomic E-state index is 10.5. The van der Waals surface area contributed by atoms with E-state index in [4.69, 9.17) is 0 Å². The molecule has 0 saturated heterocycles. The second-order valence-electron chi connectivity index (χ2n) is 2.23. The molecule has 0 bridgehead atoms. The standard InChI is InChI=1S/C8H15O2/c1-3-4-5-6-7-8(9)10-2/h3H,4-7H2,1-2H3. The van der Waals surface area contributed by atoms with Crippen LogP contribution in [0.3, 0.4) is 0 Å². The quantitative estimate of drug-likeness (QED) is 0.434. The number of hydrogen-bond donors (Lipinski definition) is 0. The average Bonchev–Trinajstić information content (AvgIpc) is 1.98. The SMILES string of the molecule is C[CH]CCCCC(=O)OC. The molecule has 0 aliphatic rings. The number of ether oxygens (including phenoxy) is 1. The van der Waals surface area contributed by atoms with Gasteiger partial charge in [-0.2, -0.15) is 0 Å². The monoisotopic (exact) mass is 143 g/mol. The molecule has 10 heavy (non-hydrogen) atoms. The second-order valence-corrected chi connectivity index (χ2v) is 2.23. The van der Waals surface area contributed by atoms with Crippen LogP contribution in [0.25, 0.3) is 0 Å². The fourth-order valence-electron chi connectivity index (χ4n) is 0.720. The number of hydrogen-bond acceptors (Lipinski definition) is 2. The van der Waals surface area contributed by atoms with Gasteiger partial charge in [0, 0.05) is 6.42 Å². The van der Waals surface area contributed by atoms with E-state index in [-0.39, 0.29) is 5.97 Å². The van der Waals surface area contributed by atoms with E-state index in [1.807, 2.05) is 6.92 Å². The Balaban J connectivity index is 2.96. The Bertz CT molecular complexity index is 89.3. The van der Waals surface area contributed by atoms with Gasteiger partial charge in [0.2, 0.25) is 0 Å². The first-order valence-electron chi connectivity index (χ1n) is 3.66. The van der Waals surface area contributed by atoms with Gasteiger partial charge in [0.25, 0.3) is 0 Å². The van der Waals surface area contributed by atoms with Gasteiger partial charge in [-0.05, 0) is 12.8 Å². The minimum atomic E-state index is -0.101. The van der Waals surface area contributed by atoms with Crippen molar-refractivity contribution in [3.63, 3.8) is 0 Å². The van der Waals surface area contributed by atoms with E-state index in [2.05, 4.69) is 11.2 Å². The summed E-state index contributed by atoms with van der Waals surface area (Å²) < 4.78 is 4.48. The summed E-state index contributed by atoms with van der Waals surface area (Å²) in [4.78, 5) is 10.5. The Kier molecular flexibility index (Phi) is 6.24. The molecule has 1 radical (unpaired) electrons. The zero-order chi connectivity index (χ0) is 7.82. The molecule has 0 N–H and O–H groups in total. The van der Waals surface area contributed by atoms with Gasteiger partial charge in [-0.25, -0.2) is 0 Å². The van der Waals surface area contributed by atoms with Crippen molar-refractivity contribution in [1.29, 1.82) is 0 Å². The summed E-state index contributed by atoms with van der Waals surface area (Å²) in [6.07, 6.45) is 5.79. The van der Waals surface area contributed by atoms with Gasteiger partial charge >= 0.3 is 5.97 Å². The molecule has 0 atom stereocenters. The van der Waals surface area contributed by atoms with E-state index in [0.717, 1.165) is 19.3 Å². The number of carbonyl (C=O) groups excluding carboxylic acids is 1. The molecule has 0 amide bonds. The lowest BCUT2D eigenvalue weighted by molar-refractivity contribution is -0.140. The highest BCUT2D eigenvalue weighted by Gasteiger charge is 1.97. The van der Waals surface area contributed by atoms with Gasteiger partial charge in [0.05, 0.1) is 7.11 Å². The van der Waals surface area contributed by atoms with E-state index in [1.165, 1.54) is 7.11 Å². The van der Waals surface area contributed by atoms with Crippen molar-refractivity contribution in [2.45, 2.75) is 32.6 Å². The molecule has 0 aromatic heterocycles. The molecule has 0 aliphatic carbocycles. The Morgan fingerprint density at radius 2 is 2.20 bits per heavy atom. The summed E-state index contributed by atoms with van der Waals surface area (Å²) in [5.41, 5.74) is 0. The minimum absolute atomic E-state index is 0.101. The normalized spacial score (nSPS) is 9.40. The van der Waals surface area contributed by atoms with Gasteiger partial charge in [0.1, 0.15) is 0 Å². The van der Waals surface area contributed by atoms with Crippen LogP contribution in [0.1, 0.15) is 32.6 Å². The van der Waals surface area contributed by atoms with Crippen LogP contribution >= 0.6 is 0 Å². The van der Waals surface area contributed by atoms with Crippen molar-refractivity contribution >= 4 is 5.97 Å². The van der Waals surface area contributed by atoms with Crippen LogP contribution in [-0.2, 0) is 9.53 Å². The van der Waals surface area contributed by atoms with Crippen LogP contribution in [0.5, 0.6) is 0 Å². The van der Waals surface area contributed by atoms with Gasteiger partial charge < -0.3 is 4.74 Å².